The van der Waals surface area contributed by atoms with Crippen LogP contribution in [0.4, 0.5) is 10.6 Å². The van der Waals surface area contributed by atoms with Crippen molar-refractivity contribution >= 4 is 11.8 Å². The molecule has 1 aromatic heterocycles. The predicted molar refractivity (Wildman–Crippen MR) is 103 cm³/mol. The highest BCUT2D eigenvalue weighted by Gasteiger charge is 2.20. The Morgan fingerprint density at radius 1 is 1.12 bits per heavy atom. The van der Waals surface area contributed by atoms with Gasteiger partial charge in [-0.3, -0.25) is 0 Å². The fourth-order valence-corrected chi connectivity index (χ4v) is 2.92. The van der Waals surface area contributed by atoms with E-state index in [-0.39, 0.29) is 12.1 Å². The molecule has 1 saturated heterocycles. The van der Waals surface area contributed by atoms with Gasteiger partial charge in [0.2, 0.25) is 0 Å². The van der Waals surface area contributed by atoms with Gasteiger partial charge in [0, 0.05) is 31.7 Å². The zero-order chi connectivity index (χ0) is 18.4. The summed E-state index contributed by atoms with van der Waals surface area (Å²) in [6, 6.07) is 13.6. The summed E-state index contributed by atoms with van der Waals surface area (Å²) in [6.07, 6.45) is 6.20. The second-order valence-electron chi connectivity index (χ2n) is 6.31. The smallest absolute Gasteiger partial charge is 0.318 e. The lowest BCUT2D eigenvalue weighted by Gasteiger charge is -2.23. The van der Waals surface area contributed by atoms with Crippen molar-refractivity contribution in [2.24, 2.45) is 0 Å². The third kappa shape index (κ3) is 4.31. The van der Waals surface area contributed by atoms with E-state index >= 15 is 0 Å². The highest BCUT2D eigenvalue weighted by atomic mass is 16.2. The highest BCUT2D eigenvalue weighted by Crippen LogP contribution is 2.19. The minimum absolute atomic E-state index is 0.109. The van der Waals surface area contributed by atoms with Gasteiger partial charge in [-0.1, -0.05) is 36.3 Å². The minimum atomic E-state index is -0.266. The Balaban J connectivity index is 1.62. The van der Waals surface area contributed by atoms with Crippen molar-refractivity contribution in [3.63, 3.8) is 0 Å². The fraction of sp³-hybridized carbons (Fsp3) is 0.350. The molecule has 1 aromatic carbocycles. The standard InChI is InChI=1S/C20H23N5O/c1-3-16(2)21-20(26)25-13-7-12-24(14-15-25)19-11-10-18(22-23-19)17-8-5-4-6-9-17/h1,4-6,8-11,16H,7,12-15H2,2H3,(H,21,26). The van der Waals surface area contributed by atoms with Crippen LogP contribution in [-0.2, 0) is 0 Å². The first-order valence-electron chi connectivity index (χ1n) is 8.83. The van der Waals surface area contributed by atoms with Crippen LogP contribution in [0.3, 0.4) is 0 Å². The summed E-state index contributed by atoms with van der Waals surface area (Å²) in [7, 11) is 0. The number of urea groups is 1. The Labute approximate surface area is 154 Å². The minimum Gasteiger partial charge on any atom is -0.353 e. The number of benzene rings is 1. The summed E-state index contributed by atoms with van der Waals surface area (Å²) in [5.74, 6) is 3.35. The molecule has 1 fully saturated rings. The zero-order valence-electron chi connectivity index (χ0n) is 14.9. The Morgan fingerprint density at radius 3 is 2.62 bits per heavy atom. The van der Waals surface area contributed by atoms with Crippen LogP contribution in [0.5, 0.6) is 0 Å². The quantitative estimate of drug-likeness (QED) is 0.865. The molecular weight excluding hydrogens is 326 g/mol. The fourth-order valence-electron chi connectivity index (χ4n) is 2.92. The summed E-state index contributed by atoms with van der Waals surface area (Å²) < 4.78 is 0. The molecule has 0 bridgehead atoms. The maximum atomic E-state index is 12.2. The first-order valence-corrected chi connectivity index (χ1v) is 8.83. The molecule has 1 aliphatic heterocycles. The van der Waals surface area contributed by atoms with Gasteiger partial charge in [0.15, 0.2) is 5.82 Å². The van der Waals surface area contributed by atoms with Gasteiger partial charge in [-0.15, -0.1) is 16.6 Å². The van der Waals surface area contributed by atoms with Crippen LogP contribution in [0.15, 0.2) is 42.5 Å². The van der Waals surface area contributed by atoms with Crippen molar-refractivity contribution < 1.29 is 4.79 Å². The first-order chi connectivity index (χ1) is 12.7. The molecular formula is C20H23N5O. The van der Waals surface area contributed by atoms with E-state index in [0.717, 1.165) is 36.6 Å². The van der Waals surface area contributed by atoms with Gasteiger partial charge in [0.25, 0.3) is 0 Å². The van der Waals surface area contributed by atoms with Gasteiger partial charge in [0.05, 0.1) is 11.7 Å². The Morgan fingerprint density at radius 2 is 1.92 bits per heavy atom. The monoisotopic (exact) mass is 349 g/mol. The van der Waals surface area contributed by atoms with Gasteiger partial charge < -0.3 is 15.1 Å². The van der Waals surface area contributed by atoms with Crippen molar-refractivity contribution in [1.82, 2.24) is 20.4 Å². The lowest BCUT2D eigenvalue weighted by Crippen LogP contribution is -2.45. The lowest BCUT2D eigenvalue weighted by atomic mass is 10.1. The molecule has 2 amide bonds. The molecule has 0 spiro atoms. The predicted octanol–water partition coefficient (Wildman–Crippen LogP) is 2.39. The van der Waals surface area contributed by atoms with Crippen LogP contribution in [0.25, 0.3) is 11.3 Å². The molecule has 1 unspecified atom stereocenters. The van der Waals surface area contributed by atoms with Gasteiger partial charge in [-0.25, -0.2) is 4.79 Å². The van der Waals surface area contributed by atoms with E-state index in [2.05, 4.69) is 26.3 Å². The van der Waals surface area contributed by atoms with Crippen molar-refractivity contribution in [1.29, 1.82) is 0 Å². The average Bonchev–Trinajstić information content (AvgIpc) is 2.95. The molecule has 2 aromatic rings. The third-order valence-corrected chi connectivity index (χ3v) is 4.42. The van der Waals surface area contributed by atoms with E-state index in [1.165, 1.54) is 0 Å². The van der Waals surface area contributed by atoms with Crippen LogP contribution in [-0.4, -0.2) is 53.3 Å². The van der Waals surface area contributed by atoms with Crippen LogP contribution < -0.4 is 10.2 Å². The molecule has 6 heteroatoms. The molecule has 1 N–H and O–H groups in total. The van der Waals surface area contributed by atoms with E-state index in [9.17, 15) is 4.79 Å². The van der Waals surface area contributed by atoms with Crippen LogP contribution in [0.1, 0.15) is 13.3 Å². The summed E-state index contributed by atoms with van der Waals surface area (Å²) >= 11 is 0. The molecule has 0 saturated carbocycles. The number of amides is 2. The summed E-state index contributed by atoms with van der Waals surface area (Å²) in [4.78, 5) is 16.2. The number of hydrogen-bond acceptors (Lipinski definition) is 4. The molecule has 3 rings (SSSR count). The molecule has 1 atom stereocenters. The van der Waals surface area contributed by atoms with Gasteiger partial charge in [-0.2, -0.15) is 0 Å². The Kier molecular flexibility index (Phi) is 5.69. The SMILES string of the molecule is C#CC(C)NC(=O)N1CCCN(c2ccc(-c3ccccc3)nn2)CC1. The number of carbonyl (C=O) groups is 1. The third-order valence-electron chi connectivity index (χ3n) is 4.42. The number of hydrogen-bond donors (Lipinski definition) is 1. The van der Waals surface area contributed by atoms with Crippen LogP contribution >= 0.6 is 0 Å². The largest absolute Gasteiger partial charge is 0.353 e. The average molecular weight is 349 g/mol. The van der Waals surface area contributed by atoms with E-state index in [1.807, 2.05) is 42.5 Å². The number of rotatable bonds is 3. The second-order valence-corrected chi connectivity index (χ2v) is 6.31. The number of anilines is 1. The van der Waals surface area contributed by atoms with Crippen molar-refractivity contribution in [2.75, 3.05) is 31.1 Å². The molecule has 2 heterocycles. The van der Waals surface area contributed by atoms with Gasteiger partial charge in [0.1, 0.15) is 0 Å². The van der Waals surface area contributed by atoms with Crippen LogP contribution in [0, 0.1) is 12.3 Å². The highest BCUT2D eigenvalue weighted by molar-refractivity contribution is 5.75. The molecule has 134 valence electrons. The lowest BCUT2D eigenvalue weighted by molar-refractivity contribution is 0.200. The number of nitrogens with zero attached hydrogens (tertiary/aromatic N) is 4. The summed E-state index contributed by atoms with van der Waals surface area (Å²) in [5.41, 5.74) is 1.90. The summed E-state index contributed by atoms with van der Waals surface area (Å²) in [6.45, 7) is 4.69. The molecule has 26 heavy (non-hydrogen) atoms. The Bertz CT molecular complexity index is 769. The topological polar surface area (TPSA) is 61.4 Å². The van der Waals surface area contributed by atoms with Gasteiger partial charge in [-0.05, 0) is 25.5 Å². The van der Waals surface area contributed by atoms with Crippen LogP contribution in [0.2, 0.25) is 0 Å². The van der Waals surface area contributed by atoms with E-state index in [4.69, 9.17) is 6.42 Å². The number of carbonyl (C=O) groups excluding carboxylic acids is 1. The van der Waals surface area contributed by atoms with Crippen molar-refractivity contribution in [3.8, 4) is 23.6 Å². The van der Waals surface area contributed by atoms with E-state index in [1.54, 1.807) is 11.8 Å². The molecule has 0 aliphatic carbocycles. The number of nitrogens with one attached hydrogen (secondary N) is 1. The molecule has 6 nitrogen and oxygen atoms in total. The van der Waals surface area contributed by atoms with Gasteiger partial charge >= 0.3 is 6.03 Å². The van der Waals surface area contributed by atoms with Crippen molar-refractivity contribution in [3.05, 3.63) is 42.5 Å². The zero-order valence-corrected chi connectivity index (χ0v) is 14.9. The maximum Gasteiger partial charge on any atom is 0.318 e. The number of aromatic nitrogens is 2. The van der Waals surface area contributed by atoms with Crippen molar-refractivity contribution in [2.45, 2.75) is 19.4 Å². The maximum absolute atomic E-state index is 12.2. The number of terminal acetylenes is 1. The molecule has 1 aliphatic rings. The first kappa shape index (κ1) is 17.7. The van der Waals surface area contributed by atoms with E-state index < -0.39 is 0 Å². The second kappa shape index (κ2) is 8.34. The summed E-state index contributed by atoms with van der Waals surface area (Å²) in [5, 5.41) is 11.5. The Hall–Kier alpha value is -3.07. The molecule has 0 radical (unpaired) electrons. The van der Waals surface area contributed by atoms with E-state index in [0.29, 0.717) is 13.1 Å². The normalized spacial score (nSPS) is 15.7.